The van der Waals surface area contributed by atoms with E-state index in [2.05, 4.69) is 38.1 Å². The Morgan fingerprint density at radius 2 is 2.17 bits per heavy atom. The molecule has 0 bridgehead atoms. The SMILES string of the molecule is Cc1csc(-c2cnc3ccc(NC(=O)N(S)C4CC4)nc3n2)n1. The van der Waals surface area contributed by atoms with Crippen molar-refractivity contribution < 1.29 is 4.79 Å². The van der Waals surface area contributed by atoms with Gasteiger partial charge < -0.3 is 0 Å². The second kappa shape index (κ2) is 5.99. The lowest BCUT2D eigenvalue weighted by Gasteiger charge is -2.15. The molecule has 24 heavy (non-hydrogen) atoms. The molecule has 1 fully saturated rings. The number of thiazole rings is 1. The molecule has 0 spiro atoms. The van der Waals surface area contributed by atoms with E-state index in [1.165, 1.54) is 15.6 Å². The third kappa shape index (κ3) is 3.04. The zero-order valence-corrected chi connectivity index (χ0v) is 14.5. The Morgan fingerprint density at radius 1 is 1.33 bits per heavy atom. The van der Waals surface area contributed by atoms with Crippen molar-refractivity contribution in [1.29, 1.82) is 0 Å². The molecule has 9 heteroatoms. The van der Waals surface area contributed by atoms with E-state index in [1.54, 1.807) is 18.3 Å². The average molecular weight is 358 g/mol. The Labute approximate surface area is 147 Å². The molecule has 0 aromatic carbocycles. The predicted octanol–water partition coefficient (Wildman–Crippen LogP) is 3.30. The first-order valence-corrected chi connectivity index (χ1v) is 8.73. The van der Waals surface area contributed by atoms with Crippen molar-refractivity contribution in [3.05, 3.63) is 29.4 Å². The van der Waals surface area contributed by atoms with Crippen molar-refractivity contribution in [2.45, 2.75) is 25.8 Å². The number of hydrogen-bond donors (Lipinski definition) is 2. The van der Waals surface area contributed by atoms with Gasteiger partial charge in [0.2, 0.25) is 0 Å². The fourth-order valence-electron chi connectivity index (χ4n) is 2.19. The summed E-state index contributed by atoms with van der Waals surface area (Å²) in [6.07, 6.45) is 3.66. The fraction of sp³-hybridized carbons (Fsp3) is 0.267. The van der Waals surface area contributed by atoms with Gasteiger partial charge in [0, 0.05) is 17.1 Å². The summed E-state index contributed by atoms with van der Waals surface area (Å²) in [4.78, 5) is 29.7. The molecule has 1 N–H and O–H groups in total. The number of hydrogen-bond acceptors (Lipinski definition) is 7. The zero-order chi connectivity index (χ0) is 16.7. The van der Waals surface area contributed by atoms with Crippen LogP contribution in [0.15, 0.2) is 23.7 Å². The molecular formula is C15H14N6OS2. The van der Waals surface area contributed by atoms with E-state index in [1.807, 2.05) is 12.3 Å². The van der Waals surface area contributed by atoms with Gasteiger partial charge in [-0.05, 0) is 31.9 Å². The highest BCUT2D eigenvalue weighted by Gasteiger charge is 2.30. The molecule has 1 aliphatic carbocycles. The van der Waals surface area contributed by atoms with Gasteiger partial charge in [-0.2, -0.15) is 0 Å². The van der Waals surface area contributed by atoms with E-state index in [4.69, 9.17) is 0 Å². The van der Waals surface area contributed by atoms with Gasteiger partial charge >= 0.3 is 6.03 Å². The normalized spacial score (nSPS) is 13.9. The van der Waals surface area contributed by atoms with Crippen LogP contribution in [0.25, 0.3) is 21.9 Å². The summed E-state index contributed by atoms with van der Waals surface area (Å²) < 4.78 is 1.41. The smallest absolute Gasteiger partial charge is 0.291 e. The number of nitrogens with one attached hydrogen (secondary N) is 1. The first-order valence-electron chi connectivity index (χ1n) is 7.45. The summed E-state index contributed by atoms with van der Waals surface area (Å²) in [7, 11) is 0. The molecule has 7 nitrogen and oxygen atoms in total. The van der Waals surface area contributed by atoms with Crippen LogP contribution in [0.2, 0.25) is 0 Å². The Hall–Kier alpha value is -2.26. The van der Waals surface area contributed by atoms with Gasteiger partial charge in [0.15, 0.2) is 5.65 Å². The molecular weight excluding hydrogens is 344 g/mol. The molecule has 1 saturated carbocycles. The highest BCUT2D eigenvalue weighted by Crippen LogP contribution is 2.28. The van der Waals surface area contributed by atoms with E-state index in [9.17, 15) is 4.79 Å². The lowest BCUT2D eigenvalue weighted by Crippen LogP contribution is -2.29. The predicted molar refractivity (Wildman–Crippen MR) is 96.0 cm³/mol. The third-order valence-electron chi connectivity index (χ3n) is 3.58. The van der Waals surface area contributed by atoms with Gasteiger partial charge in [0.1, 0.15) is 22.0 Å². The molecule has 3 aromatic heterocycles. The van der Waals surface area contributed by atoms with Crippen LogP contribution >= 0.6 is 24.2 Å². The van der Waals surface area contributed by atoms with Crippen molar-refractivity contribution >= 4 is 47.2 Å². The van der Waals surface area contributed by atoms with Gasteiger partial charge in [0.05, 0.1) is 6.20 Å². The first kappa shape index (κ1) is 15.3. The van der Waals surface area contributed by atoms with E-state index >= 15 is 0 Å². The minimum absolute atomic E-state index is 0.216. The Bertz CT molecular complexity index is 923. The van der Waals surface area contributed by atoms with Crippen LogP contribution in [0, 0.1) is 6.92 Å². The summed E-state index contributed by atoms with van der Waals surface area (Å²) in [6, 6.07) is 3.42. The maximum Gasteiger partial charge on any atom is 0.333 e. The number of carbonyl (C=O) groups is 1. The van der Waals surface area contributed by atoms with Crippen LogP contribution in [0.5, 0.6) is 0 Å². The van der Waals surface area contributed by atoms with Crippen molar-refractivity contribution in [1.82, 2.24) is 24.2 Å². The number of urea groups is 1. The van der Waals surface area contributed by atoms with Crippen molar-refractivity contribution in [2.75, 3.05) is 5.32 Å². The van der Waals surface area contributed by atoms with Crippen LogP contribution < -0.4 is 5.32 Å². The van der Waals surface area contributed by atoms with E-state index in [0.29, 0.717) is 22.7 Å². The molecule has 3 heterocycles. The summed E-state index contributed by atoms with van der Waals surface area (Å²) in [5, 5.41) is 5.50. The van der Waals surface area contributed by atoms with Crippen molar-refractivity contribution in [3.8, 4) is 10.7 Å². The van der Waals surface area contributed by atoms with Crippen LogP contribution in [0.1, 0.15) is 18.5 Å². The molecule has 3 aromatic rings. The number of aromatic nitrogens is 4. The molecule has 0 saturated heterocycles. The number of thiol groups is 1. The van der Waals surface area contributed by atoms with Crippen LogP contribution in [0.4, 0.5) is 10.6 Å². The maximum absolute atomic E-state index is 12.1. The molecule has 0 radical (unpaired) electrons. The minimum Gasteiger partial charge on any atom is -0.291 e. The van der Waals surface area contributed by atoms with E-state index in [-0.39, 0.29) is 12.1 Å². The quantitative estimate of drug-likeness (QED) is 0.702. The largest absolute Gasteiger partial charge is 0.333 e. The molecule has 0 aliphatic heterocycles. The number of pyridine rings is 1. The first-order chi connectivity index (χ1) is 11.6. The highest BCUT2D eigenvalue weighted by molar-refractivity contribution is 7.78. The Balaban J connectivity index is 1.62. The summed E-state index contributed by atoms with van der Waals surface area (Å²) in [6.45, 7) is 1.93. The van der Waals surface area contributed by atoms with Crippen molar-refractivity contribution in [3.63, 3.8) is 0 Å². The summed E-state index contributed by atoms with van der Waals surface area (Å²) in [5.41, 5.74) is 2.75. The van der Waals surface area contributed by atoms with Crippen LogP contribution in [0.3, 0.4) is 0 Å². The molecule has 122 valence electrons. The molecule has 4 rings (SSSR count). The number of aryl methyl sites for hydroxylation is 1. The van der Waals surface area contributed by atoms with Gasteiger partial charge in [-0.25, -0.2) is 19.7 Å². The number of fused-ring (bicyclic) bond motifs is 1. The molecule has 0 atom stereocenters. The minimum atomic E-state index is -0.285. The average Bonchev–Trinajstić information content (AvgIpc) is 3.34. The number of nitrogens with zero attached hydrogens (tertiary/aromatic N) is 5. The van der Waals surface area contributed by atoms with Gasteiger partial charge in [-0.15, -0.1) is 11.3 Å². The standard InChI is InChI=1S/C15H14N6OS2/c1-8-7-24-14(17-8)11-6-16-10-4-5-12(19-13(10)18-11)20-15(22)21(23)9-2-3-9/h4-7,9,23H,2-3H2,1H3,(H,18,19,20,22). The van der Waals surface area contributed by atoms with Crippen LogP contribution in [-0.2, 0) is 0 Å². The second-order valence-electron chi connectivity index (χ2n) is 5.59. The number of rotatable bonds is 3. The van der Waals surface area contributed by atoms with Gasteiger partial charge in [-0.3, -0.25) is 14.6 Å². The summed E-state index contributed by atoms with van der Waals surface area (Å²) >= 11 is 5.72. The molecule has 1 aliphatic rings. The third-order valence-corrected chi connectivity index (χ3v) is 5.07. The van der Waals surface area contributed by atoms with Gasteiger partial charge in [-0.1, -0.05) is 12.8 Å². The zero-order valence-electron chi connectivity index (χ0n) is 12.8. The molecule has 2 amide bonds. The van der Waals surface area contributed by atoms with Gasteiger partial charge in [0.25, 0.3) is 0 Å². The Kier molecular flexibility index (Phi) is 3.81. The lowest BCUT2D eigenvalue weighted by atomic mass is 10.3. The Morgan fingerprint density at radius 3 is 2.88 bits per heavy atom. The maximum atomic E-state index is 12.1. The number of amides is 2. The van der Waals surface area contributed by atoms with E-state index < -0.39 is 0 Å². The highest BCUT2D eigenvalue weighted by atomic mass is 32.1. The number of anilines is 1. The number of carbonyl (C=O) groups excluding carboxylic acids is 1. The van der Waals surface area contributed by atoms with E-state index in [0.717, 1.165) is 23.5 Å². The fourth-order valence-corrected chi connectivity index (χ4v) is 3.23. The summed E-state index contributed by atoms with van der Waals surface area (Å²) in [5.74, 6) is 0.425. The monoisotopic (exact) mass is 358 g/mol. The topological polar surface area (TPSA) is 83.9 Å². The lowest BCUT2D eigenvalue weighted by molar-refractivity contribution is 0.238. The van der Waals surface area contributed by atoms with Crippen LogP contribution in [-0.4, -0.2) is 36.3 Å². The van der Waals surface area contributed by atoms with Crippen molar-refractivity contribution in [2.24, 2.45) is 0 Å². The molecule has 0 unspecified atom stereocenters. The second-order valence-corrected chi connectivity index (χ2v) is 6.88.